The summed E-state index contributed by atoms with van der Waals surface area (Å²) in [5, 5.41) is 7.18. The number of nitrogens with zero attached hydrogens (tertiary/aromatic N) is 2. The maximum Gasteiger partial charge on any atom is 0.328 e. The molecule has 0 fully saturated rings. The lowest BCUT2D eigenvalue weighted by molar-refractivity contribution is -0.149. The molecule has 1 heterocycles. The monoisotopic (exact) mass is 341 g/mol. The highest BCUT2D eigenvalue weighted by atomic mass is 16.5. The molecule has 6 nitrogen and oxygen atoms in total. The fourth-order valence-corrected chi connectivity index (χ4v) is 3.29. The predicted octanol–water partition coefficient (Wildman–Crippen LogP) is 2.24. The van der Waals surface area contributed by atoms with E-state index in [-0.39, 0.29) is 25.1 Å². The van der Waals surface area contributed by atoms with Gasteiger partial charge in [0.1, 0.15) is 6.54 Å². The highest BCUT2D eigenvalue weighted by molar-refractivity contribution is 5.80. The minimum absolute atomic E-state index is 0.00726. The van der Waals surface area contributed by atoms with Gasteiger partial charge in [-0.2, -0.15) is 5.10 Å². The summed E-state index contributed by atoms with van der Waals surface area (Å²) in [6, 6.07) is 10.0. The van der Waals surface area contributed by atoms with Crippen molar-refractivity contribution in [3.05, 3.63) is 52.8 Å². The molecule has 1 aliphatic rings. The van der Waals surface area contributed by atoms with Crippen LogP contribution in [0.3, 0.4) is 0 Å². The molecule has 1 amide bonds. The van der Waals surface area contributed by atoms with Gasteiger partial charge in [-0.05, 0) is 50.3 Å². The summed E-state index contributed by atoms with van der Waals surface area (Å²) in [5.41, 5.74) is 4.17. The summed E-state index contributed by atoms with van der Waals surface area (Å²) in [6.45, 7) is 3.49. The van der Waals surface area contributed by atoms with Crippen LogP contribution in [-0.2, 0) is 27.3 Å². The van der Waals surface area contributed by atoms with Crippen molar-refractivity contribution in [1.82, 2.24) is 15.1 Å². The molecular weight excluding hydrogens is 318 g/mol. The summed E-state index contributed by atoms with van der Waals surface area (Å²) in [7, 11) is 0. The Bertz CT molecular complexity index is 782. The van der Waals surface area contributed by atoms with Crippen molar-refractivity contribution in [3.8, 4) is 0 Å². The fourth-order valence-electron chi connectivity index (χ4n) is 3.29. The number of rotatable bonds is 5. The van der Waals surface area contributed by atoms with E-state index in [4.69, 9.17) is 4.74 Å². The van der Waals surface area contributed by atoms with Gasteiger partial charge in [0, 0.05) is 5.69 Å². The van der Waals surface area contributed by atoms with E-state index in [0.29, 0.717) is 0 Å². The summed E-state index contributed by atoms with van der Waals surface area (Å²) >= 11 is 0. The van der Waals surface area contributed by atoms with E-state index >= 15 is 0 Å². The lowest BCUT2D eigenvalue weighted by atomic mass is 9.88. The molecule has 1 atom stereocenters. The first-order valence-electron chi connectivity index (χ1n) is 8.57. The standard InChI is InChI=1S/C19H23N3O3/c1-13-10-14(2)22(21-13)11-19(24)25-12-18(23)20-17-9-5-7-15-6-3-4-8-16(15)17/h3-4,6,8,10,17H,5,7,9,11-12H2,1-2H3,(H,20,23)/t17-/m0/s1. The SMILES string of the molecule is Cc1cc(C)n(CC(=O)OCC(=O)N[C@H]2CCCc3ccccc32)n1. The molecule has 0 radical (unpaired) electrons. The number of carbonyl (C=O) groups is 2. The Morgan fingerprint density at radius 2 is 2.12 bits per heavy atom. The van der Waals surface area contributed by atoms with E-state index in [9.17, 15) is 9.59 Å². The van der Waals surface area contributed by atoms with Gasteiger partial charge in [-0.1, -0.05) is 24.3 Å². The summed E-state index contributed by atoms with van der Waals surface area (Å²) in [5.74, 6) is -0.742. The van der Waals surface area contributed by atoms with Gasteiger partial charge >= 0.3 is 5.97 Å². The molecular formula is C19H23N3O3. The van der Waals surface area contributed by atoms with E-state index in [1.54, 1.807) is 4.68 Å². The molecule has 2 aromatic rings. The first-order valence-corrected chi connectivity index (χ1v) is 8.57. The molecule has 25 heavy (non-hydrogen) atoms. The van der Waals surface area contributed by atoms with E-state index in [0.717, 1.165) is 36.2 Å². The molecule has 1 N–H and O–H groups in total. The molecule has 6 heteroatoms. The lowest BCUT2D eigenvalue weighted by Crippen LogP contribution is -2.34. The maximum absolute atomic E-state index is 12.1. The van der Waals surface area contributed by atoms with Gasteiger partial charge in [0.15, 0.2) is 6.61 Å². The predicted molar refractivity (Wildman–Crippen MR) is 92.9 cm³/mol. The third kappa shape index (κ3) is 4.26. The molecule has 0 unspecified atom stereocenters. The number of hydrogen-bond acceptors (Lipinski definition) is 4. The van der Waals surface area contributed by atoms with Crippen molar-refractivity contribution in [2.75, 3.05) is 6.61 Å². The normalized spacial score (nSPS) is 16.2. The summed E-state index contributed by atoms with van der Waals surface area (Å²) in [4.78, 5) is 24.0. The molecule has 0 saturated heterocycles. The van der Waals surface area contributed by atoms with Crippen molar-refractivity contribution in [1.29, 1.82) is 0 Å². The average Bonchev–Trinajstić information content (AvgIpc) is 2.90. The van der Waals surface area contributed by atoms with Crippen LogP contribution >= 0.6 is 0 Å². The van der Waals surface area contributed by atoms with E-state index in [1.807, 2.05) is 38.1 Å². The van der Waals surface area contributed by atoms with E-state index < -0.39 is 5.97 Å². The second kappa shape index (κ2) is 7.51. The van der Waals surface area contributed by atoms with Crippen molar-refractivity contribution >= 4 is 11.9 Å². The van der Waals surface area contributed by atoms with Crippen LogP contribution in [0.2, 0.25) is 0 Å². The van der Waals surface area contributed by atoms with E-state index in [2.05, 4.69) is 16.5 Å². The number of ether oxygens (including phenoxy) is 1. The number of hydrogen-bond donors (Lipinski definition) is 1. The number of fused-ring (bicyclic) bond motifs is 1. The van der Waals surface area contributed by atoms with Crippen molar-refractivity contribution < 1.29 is 14.3 Å². The smallest absolute Gasteiger partial charge is 0.328 e. The quantitative estimate of drug-likeness (QED) is 0.847. The highest BCUT2D eigenvalue weighted by Crippen LogP contribution is 2.29. The molecule has 0 bridgehead atoms. The highest BCUT2D eigenvalue weighted by Gasteiger charge is 2.21. The number of benzene rings is 1. The summed E-state index contributed by atoms with van der Waals surface area (Å²) in [6.07, 6.45) is 2.99. The second-order valence-electron chi connectivity index (χ2n) is 6.46. The van der Waals surface area contributed by atoms with Crippen LogP contribution in [0.25, 0.3) is 0 Å². The molecule has 1 aliphatic carbocycles. The Hall–Kier alpha value is -2.63. The van der Waals surface area contributed by atoms with Crippen molar-refractivity contribution in [3.63, 3.8) is 0 Å². The molecule has 0 aliphatic heterocycles. The fraction of sp³-hybridized carbons (Fsp3) is 0.421. The van der Waals surface area contributed by atoms with Crippen molar-refractivity contribution in [2.24, 2.45) is 0 Å². The second-order valence-corrected chi connectivity index (χ2v) is 6.46. The number of aryl methyl sites for hydroxylation is 3. The Kier molecular flexibility index (Phi) is 5.16. The number of carbonyl (C=O) groups excluding carboxylic acids is 2. The van der Waals surface area contributed by atoms with Gasteiger partial charge < -0.3 is 10.1 Å². The van der Waals surface area contributed by atoms with Crippen LogP contribution in [0.15, 0.2) is 30.3 Å². The molecule has 0 saturated carbocycles. The van der Waals surface area contributed by atoms with Crippen LogP contribution in [0.5, 0.6) is 0 Å². The topological polar surface area (TPSA) is 73.2 Å². The molecule has 0 spiro atoms. The maximum atomic E-state index is 12.1. The first kappa shape index (κ1) is 17.2. The number of nitrogens with one attached hydrogen (secondary N) is 1. The number of amides is 1. The largest absolute Gasteiger partial charge is 0.454 e. The molecule has 1 aromatic heterocycles. The zero-order chi connectivity index (χ0) is 17.8. The van der Waals surface area contributed by atoms with Crippen LogP contribution in [0.1, 0.15) is 41.4 Å². The van der Waals surface area contributed by atoms with Gasteiger partial charge in [0.25, 0.3) is 5.91 Å². The summed E-state index contributed by atoms with van der Waals surface area (Å²) < 4.78 is 6.67. The minimum atomic E-state index is -0.467. The third-order valence-corrected chi connectivity index (χ3v) is 4.45. The Morgan fingerprint density at radius 3 is 2.88 bits per heavy atom. The van der Waals surface area contributed by atoms with Crippen molar-refractivity contribution in [2.45, 2.75) is 45.7 Å². The third-order valence-electron chi connectivity index (χ3n) is 4.45. The van der Waals surface area contributed by atoms with Gasteiger partial charge in [-0.25, -0.2) is 0 Å². The average molecular weight is 341 g/mol. The van der Waals surface area contributed by atoms with Gasteiger partial charge in [0.05, 0.1) is 11.7 Å². The molecule has 3 rings (SSSR count). The number of aromatic nitrogens is 2. The Balaban J connectivity index is 1.50. The van der Waals surface area contributed by atoms with Crippen LogP contribution in [0, 0.1) is 13.8 Å². The van der Waals surface area contributed by atoms with Gasteiger partial charge in [-0.3, -0.25) is 14.3 Å². The lowest BCUT2D eigenvalue weighted by Gasteiger charge is -2.26. The van der Waals surface area contributed by atoms with Crippen LogP contribution < -0.4 is 5.32 Å². The Labute approximate surface area is 147 Å². The number of esters is 1. The minimum Gasteiger partial charge on any atom is -0.454 e. The molecule has 132 valence electrons. The van der Waals surface area contributed by atoms with Gasteiger partial charge in [0.2, 0.25) is 0 Å². The van der Waals surface area contributed by atoms with Crippen LogP contribution in [-0.4, -0.2) is 28.3 Å². The van der Waals surface area contributed by atoms with E-state index in [1.165, 1.54) is 5.56 Å². The zero-order valence-electron chi connectivity index (χ0n) is 14.6. The first-order chi connectivity index (χ1) is 12.0. The van der Waals surface area contributed by atoms with Gasteiger partial charge in [-0.15, -0.1) is 0 Å². The van der Waals surface area contributed by atoms with Crippen LogP contribution in [0.4, 0.5) is 0 Å². The molecule has 1 aromatic carbocycles. The Morgan fingerprint density at radius 1 is 1.32 bits per heavy atom. The zero-order valence-corrected chi connectivity index (χ0v) is 14.6.